The van der Waals surface area contributed by atoms with Gasteiger partial charge in [-0.1, -0.05) is 12.1 Å². The molecule has 0 unspecified atom stereocenters. The van der Waals surface area contributed by atoms with Gasteiger partial charge < -0.3 is 20.7 Å². The zero-order chi connectivity index (χ0) is 14.7. The number of rotatable bonds is 3. The summed E-state index contributed by atoms with van der Waals surface area (Å²) in [5, 5.41) is 18.2. The third-order valence-corrected chi connectivity index (χ3v) is 2.58. The maximum atomic E-state index is 11.9. The van der Waals surface area contributed by atoms with Crippen molar-refractivity contribution in [3.05, 3.63) is 53.6 Å². The Labute approximate surface area is 114 Å². The van der Waals surface area contributed by atoms with Crippen molar-refractivity contribution >= 4 is 17.6 Å². The number of carboxylic acid groups (broad SMARTS) is 1. The van der Waals surface area contributed by atoms with Gasteiger partial charge in [0, 0.05) is 0 Å². The van der Waals surface area contributed by atoms with Crippen LogP contribution in [0.15, 0.2) is 42.5 Å². The Balaban J connectivity index is 2.29. The zero-order valence-corrected chi connectivity index (χ0v) is 10.2. The standard InChI is InChI=1S/C14H11NO5/c15-12-10(13(17)18)5-2-6-11(12)20-14(19)8-3-1-4-9(16)7-8/h1-7,16H,15H2,(H,17,18). The van der Waals surface area contributed by atoms with Gasteiger partial charge in [-0.3, -0.25) is 0 Å². The molecule has 0 saturated heterocycles. The average molecular weight is 273 g/mol. The number of ether oxygens (including phenoxy) is 1. The summed E-state index contributed by atoms with van der Waals surface area (Å²) < 4.78 is 5.04. The Morgan fingerprint density at radius 1 is 1.10 bits per heavy atom. The zero-order valence-electron chi connectivity index (χ0n) is 10.2. The first kappa shape index (κ1) is 13.4. The molecule has 20 heavy (non-hydrogen) atoms. The molecule has 6 nitrogen and oxygen atoms in total. The fourth-order valence-corrected chi connectivity index (χ4v) is 1.61. The molecule has 0 aliphatic carbocycles. The van der Waals surface area contributed by atoms with Crippen LogP contribution in [-0.4, -0.2) is 22.2 Å². The topological polar surface area (TPSA) is 110 Å². The molecule has 2 aromatic carbocycles. The molecule has 0 aliphatic heterocycles. The van der Waals surface area contributed by atoms with E-state index in [4.69, 9.17) is 15.6 Å². The summed E-state index contributed by atoms with van der Waals surface area (Å²) in [4.78, 5) is 22.8. The first-order valence-corrected chi connectivity index (χ1v) is 5.62. The highest BCUT2D eigenvalue weighted by atomic mass is 16.5. The molecule has 4 N–H and O–H groups in total. The second kappa shape index (κ2) is 5.31. The fraction of sp³-hybridized carbons (Fsp3) is 0. The number of aromatic carboxylic acids is 1. The normalized spacial score (nSPS) is 10.0. The molecule has 0 fully saturated rings. The Kier molecular flexibility index (Phi) is 3.56. The van der Waals surface area contributed by atoms with E-state index in [1.165, 1.54) is 42.5 Å². The van der Waals surface area contributed by atoms with Gasteiger partial charge in [-0.15, -0.1) is 0 Å². The third kappa shape index (κ3) is 2.69. The van der Waals surface area contributed by atoms with Crippen molar-refractivity contribution in [3.63, 3.8) is 0 Å². The van der Waals surface area contributed by atoms with Gasteiger partial charge in [0.05, 0.1) is 16.8 Å². The summed E-state index contributed by atoms with van der Waals surface area (Å²) in [6.07, 6.45) is 0. The molecule has 0 heterocycles. The predicted molar refractivity (Wildman–Crippen MR) is 70.9 cm³/mol. The van der Waals surface area contributed by atoms with E-state index in [1.54, 1.807) is 0 Å². The van der Waals surface area contributed by atoms with Crippen molar-refractivity contribution in [1.29, 1.82) is 0 Å². The SMILES string of the molecule is Nc1c(OC(=O)c2cccc(O)c2)cccc1C(=O)O. The number of carbonyl (C=O) groups is 2. The van der Waals surface area contributed by atoms with Crippen LogP contribution in [0.1, 0.15) is 20.7 Å². The number of para-hydroxylation sites is 1. The number of carboxylic acids is 1. The Bertz CT molecular complexity index is 681. The summed E-state index contributed by atoms with van der Waals surface area (Å²) in [6, 6.07) is 9.72. The van der Waals surface area contributed by atoms with Gasteiger partial charge in [0.2, 0.25) is 0 Å². The molecule has 2 rings (SSSR count). The molecule has 6 heteroatoms. The minimum absolute atomic E-state index is 0.0433. The fourth-order valence-electron chi connectivity index (χ4n) is 1.61. The molecule has 0 radical (unpaired) electrons. The summed E-state index contributed by atoms with van der Waals surface area (Å²) in [5.41, 5.74) is 5.48. The highest BCUT2D eigenvalue weighted by Gasteiger charge is 2.15. The summed E-state index contributed by atoms with van der Waals surface area (Å²) in [5.74, 6) is -2.07. The van der Waals surface area contributed by atoms with E-state index in [2.05, 4.69) is 0 Å². The van der Waals surface area contributed by atoms with Gasteiger partial charge in [0.15, 0.2) is 5.75 Å². The van der Waals surface area contributed by atoms with Gasteiger partial charge in [0.1, 0.15) is 5.75 Å². The van der Waals surface area contributed by atoms with E-state index in [0.717, 1.165) is 0 Å². The molecule has 0 amide bonds. The van der Waals surface area contributed by atoms with E-state index >= 15 is 0 Å². The highest BCUT2D eigenvalue weighted by molar-refractivity contribution is 5.97. The number of aromatic hydroxyl groups is 1. The molecule has 102 valence electrons. The van der Waals surface area contributed by atoms with E-state index < -0.39 is 11.9 Å². The number of hydrogen-bond donors (Lipinski definition) is 3. The first-order valence-electron chi connectivity index (χ1n) is 5.62. The number of nitrogen functional groups attached to an aromatic ring is 1. The van der Waals surface area contributed by atoms with Crippen LogP contribution in [0, 0.1) is 0 Å². The van der Waals surface area contributed by atoms with Crippen LogP contribution in [0.2, 0.25) is 0 Å². The molecule has 0 atom stereocenters. The predicted octanol–water partition coefficient (Wildman–Crippen LogP) is 1.89. The summed E-state index contributed by atoms with van der Waals surface area (Å²) >= 11 is 0. The Morgan fingerprint density at radius 2 is 1.80 bits per heavy atom. The number of carbonyl (C=O) groups excluding carboxylic acids is 1. The molecule has 0 spiro atoms. The van der Waals surface area contributed by atoms with E-state index in [1.807, 2.05) is 0 Å². The number of esters is 1. The molecule has 0 aromatic heterocycles. The van der Waals surface area contributed by atoms with Crippen molar-refractivity contribution in [3.8, 4) is 11.5 Å². The van der Waals surface area contributed by atoms with E-state index in [9.17, 15) is 14.7 Å². The number of anilines is 1. The lowest BCUT2D eigenvalue weighted by molar-refractivity contribution is 0.0689. The Morgan fingerprint density at radius 3 is 2.45 bits per heavy atom. The largest absolute Gasteiger partial charge is 0.508 e. The number of benzene rings is 2. The van der Waals surface area contributed by atoms with Crippen LogP contribution in [0.4, 0.5) is 5.69 Å². The van der Waals surface area contributed by atoms with Crippen LogP contribution in [0.5, 0.6) is 11.5 Å². The van der Waals surface area contributed by atoms with Gasteiger partial charge in [0.25, 0.3) is 0 Å². The monoisotopic (exact) mass is 273 g/mol. The molecule has 0 bridgehead atoms. The van der Waals surface area contributed by atoms with Crippen LogP contribution in [0.25, 0.3) is 0 Å². The summed E-state index contributed by atoms with van der Waals surface area (Å²) in [7, 11) is 0. The number of phenols is 1. The molecule has 0 aliphatic rings. The maximum Gasteiger partial charge on any atom is 0.343 e. The molecule has 0 saturated carbocycles. The quantitative estimate of drug-likeness (QED) is 0.447. The van der Waals surface area contributed by atoms with Crippen LogP contribution in [0.3, 0.4) is 0 Å². The molecular weight excluding hydrogens is 262 g/mol. The van der Waals surface area contributed by atoms with Gasteiger partial charge >= 0.3 is 11.9 Å². The van der Waals surface area contributed by atoms with Gasteiger partial charge in [-0.25, -0.2) is 9.59 Å². The lowest BCUT2D eigenvalue weighted by atomic mass is 10.1. The maximum absolute atomic E-state index is 11.9. The van der Waals surface area contributed by atoms with Crippen molar-refractivity contribution in [2.45, 2.75) is 0 Å². The number of hydrogen-bond acceptors (Lipinski definition) is 5. The molecule has 2 aromatic rings. The average Bonchev–Trinajstić information content (AvgIpc) is 2.40. The van der Waals surface area contributed by atoms with Crippen LogP contribution >= 0.6 is 0 Å². The van der Waals surface area contributed by atoms with E-state index in [0.29, 0.717) is 0 Å². The summed E-state index contributed by atoms with van der Waals surface area (Å²) in [6.45, 7) is 0. The van der Waals surface area contributed by atoms with Crippen molar-refractivity contribution in [2.75, 3.05) is 5.73 Å². The van der Waals surface area contributed by atoms with Gasteiger partial charge in [-0.05, 0) is 30.3 Å². The number of nitrogens with two attached hydrogens (primary N) is 1. The smallest absolute Gasteiger partial charge is 0.343 e. The second-order valence-corrected chi connectivity index (χ2v) is 3.96. The van der Waals surface area contributed by atoms with Gasteiger partial charge in [-0.2, -0.15) is 0 Å². The minimum Gasteiger partial charge on any atom is -0.508 e. The second-order valence-electron chi connectivity index (χ2n) is 3.96. The third-order valence-electron chi connectivity index (χ3n) is 2.58. The van der Waals surface area contributed by atoms with Crippen molar-refractivity contribution in [1.82, 2.24) is 0 Å². The van der Waals surface area contributed by atoms with Crippen molar-refractivity contribution < 1.29 is 24.5 Å². The highest BCUT2D eigenvalue weighted by Crippen LogP contribution is 2.26. The van der Waals surface area contributed by atoms with Crippen LogP contribution < -0.4 is 10.5 Å². The van der Waals surface area contributed by atoms with Crippen LogP contribution in [-0.2, 0) is 0 Å². The first-order chi connectivity index (χ1) is 9.49. The molecular formula is C14H11NO5. The minimum atomic E-state index is -1.21. The lowest BCUT2D eigenvalue weighted by Crippen LogP contribution is -2.11. The lowest BCUT2D eigenvalue weighted by Gasteiger charge is -2.09. The van der Waals surface area contributed by atoms with E-state index in [-0.39, 0.29) is 28.3 Å². The van der Waals surface area contributed by atoms with Crippen molar-refractivity contribution in [2.24, 2.45) is 0 Å². The number of phenolic OH excluding ortho intramolecular Hbond substituents is 1. The Hall–Kier alpha value is -3.02.